The summed E-state index contributed by atoms with van der Waals surface area (Å²) in [6.07, 6.45) is 1.57. The number of nitrogens with zero attached hydrogens (tertiary/aromatic N) is 1. The van der Waals surface area contributed by atoms with Gasteiger partial charge in [0.15, 0.2) is 5.82 Å². The maximum absolute atomic E-state index is 13.2. The number of rotatable bonds is 4. The highest BCUT2D eigenvalue weighted by molar-refractivity contribution is 7.92. The lowest BCUT2D eigenvalue weighted by molar-refractivity contribution is 0.601. The Morgan fingerprint density at radius 2 is 1.83 bits per heavy atom. The third-order valence-corrected chi connectivity index (χ3v) is 4.76. The molecule has 23 heavy (non-hydrogen) atoms. The van der Waals surface area contributed by atoms with E-state index >= 15 is 0 Å². The molecule has 3 aromatic rings. The van der Waals surface area contributed by atoms with Gasteiger partial charge in [0.25, 0.3) is 10.0 Å². The van der Waals surface area contributed by atoms with Gasteiger partial charge in [-0.2, -0.15) is 5.10 Å². The summed E-state index contributed by atoms with van der Waals surface area (Å²) in [5, 5.41) is 6.60. The molecule has 0 saturated heterocycles. The Morgan fingerprint density at radius 3 is 2.52 bits per heavy atom. The van der Waals surface area contributed by atoms with E-state index in [2.05, 4.69) is 14.9 Å². The zero-order valence-corrected chi connectivity index (χ0v) is 13.1. The van der Waals surface area contributed by atoms with Crippen LogP contribution >= 0.6 is 0 Å². The number of anilines is 1. The minimum Gasteiger partial charge on any atom is -0.283 e. The van der Waals surface area contributed by atoms with Crippen molar-refractivity contribution in [2.45, 2.75) is 11.8 Å². The number of H-pyrrole nitrogens is 1. The topological polar surface area (TPSA) is 74.8 Å². The van der Waals surface area contributed by atoms with Crippen molar-refractivity contribution in [1.29, 1.82) is 0 Å². The third kappa shape index (κ3) is 3.09. The summed E-state index contributed by atoms with van der Waals surface area (Å²) in [4.78, 5) is 0.143. The van der Waals surface area contributed by atoms with Gasteiger partial charge in [0.1, 0.15) is 5.82 Å². The summed E-state index contributed by atoms with van der Waals surface area (Å²) >= 11 is 0. The number of nitrogens with one attached hydrogen (secondary N) is 2. The van der Waals surface area contributed by atoms with E-state index in [1.54, 1.807) is 37.4 Å². The van der Waals surface area contributed by atoms with Gasteiger partial charge < -0.3 is 0 Å². The molecule has 7 heteroatoms. The Labute approximate surface area is 133 Å². The summed E-state index contributed by atoms with van der Waals surface area (Å²) in [7, 11) is -3.74. The average Bonchev–Trinajstić information content (AvgIpc) is 2.95. The van der Waals surface area contributed by atoms with Crippen molar-refractivity contribution in [1.82, 2.24) is 10.2 Å². The van der Waals surface area contributed by atoms with Crippen LogP contribution < -0.4 is 4.72 Å². The van der Waals surface area contributed by atoms with Crippen LogP contribution in [-0.2, 0) is 10.0 Å². The maximum Gasteiger partial charge on any atom is 0.263 e. The molecule has 0 aliphatic carbocycles. The molecule has 0 bridgehead atoms. The fourth-order valence-corrected chi connectivity index (χ4v) is 3.33. The molecule has 0 fully saturated rings. The van der Waals surface area contributed by atoms with Gasteiger partial charge in [-0.25, -0.2) is 12.8 Å². The van der Waals surface area contributed by atoms with Crippen LogP contribution in [0.15, 0.2) is 59.6 Å². The molecule has 0 atom stereocenters. The van der Waals surface area contributed by atoms with Crippen molar-refractivity contribution in [3.8, 4) is 11.1 Å². The molecule has 0 saturated carbocycles. The van der Waals surface area contributed by atoms with Gasteiger partial charge in [0.2, 0.25) is 0 Å². The summed E-state index contributed by atoms with van der Waals surface area (Å²) < 4.78 is 40.5. The van der Waals surface area contributed by atoms with Crippen LogP contribution in [0.5, 0.6) is 0 Å². The predicted molar refractivity (Wildman–Crippen MR) is 86.0 cm³/mol. The Bertz CT molecular complexity index is 937. The Morgan fingerprint density at radius 1 is 1.09 bits per heavy atom. The van der Waals surface area contributed by atoms with Gasteiger partial charge in [-0.3, -0.25) is 9.82 Å². The number of hydrogen-bond acceptors (Lipinski definition) is 3. The van der Waals surface area contributed by atoms with Crippen molar-refractivity contribution < 1.29 is 12.8 Å². The first-order chi connectivity index (χ1) is 11.0. The molecular formula is C16H14FN3O2S. The molecule has 0 spiro atoms. The molecule has 0 aliphatic rings. The van der Waals surface area contributed by atoms with E-state index in [-0.39, 0.29) is 16.5 Å². The number of aromatic amines is 1. The molecule has 3 rings (SSSR count). The first-order valence-electron chi connectivity index (χ1n) is 6.85. The second-order valence-corrected chi connectivity index (χ2v) is 6.71. The van der Waals surface area contributed by atoms with Crippen LogP contribution in [0.3, 0.4) is 0 Å². The largest absolute Gasteiger partial charge is 0.283 e. The van der Waals surface area contributed by atoms with Crippen LogP contribution in [0.1, 0.15) is 5.56 Å². The molecule has 1 heterocycles. The van der Waals surface area contributed by atoms with Crippen molar-refractivity contribution in [2.75, 3.05) is 4.72 Å². The highest BCUT2D eigenvalue weighted by Gasteiger charge is 2.19. The SMILES string of the molecule is Cc1cc(F)ccc1-c1c[nH]nc1NS(=O)(=O)c1ccccc1. The first-order valence-corrected chi connectivity index (χ1v) is 8.34. The van der Waals surface area contributed by atoms with Crippen LogP contribution in [0.2, 0.25) is 0 Å². The van der Waals surface area contributed by atoms with Gasteiger partial charge in [-0.1, -0.05) is 24.3 Å². The van der Waals surface area contributed by atoms with Crippen molar-refractivity contribution in [2.24, 2.45) is 0 Å². The smallest absolute Gasteiger partial charge is 0.263 e. The number of sulfonamides is 1. The minimum atomic E-state index is -3.74. The fourth-order valence-electron chi connectivity index (χ4n) is 2.29. The number of hydrogen-bond donors (Lipinski definition) is 2. The summed E-state index contributed by atoms with van der Waals surface area (Å²) in [6.45, 7) is 1.75. The molecular weight excluding hydrogens is 317 g/mol. The van der Waals surface area contributed by atoms with Crippen molar-refractivity contribution in [3.05, 3.63) is 66.1 Å². The molecule has 118 valence electrons. The monoisotopic (exact) mass is 331 g/mol. The number of benzene rings is 2. The van der Waals surface area contributed by atoms with Crippen LogP contribution in [0, 0.1) is 12.7 Å². The molecule has 2 aromatic carbocycles. The molecule has 0 aliphatic heterocycles. The normalized spacial score (nSPS) is 11.4. The van der Waals surface area contributed by atoms with Gasteiger partial charge >= 0.3 is 0 Å². The summed E-state index contributed by atoms with van der Waals surface area (Å²) in [5.41, 5.74) is 1.94. The Kier molecular flexibility index (Phi) is 3.87. The van der Waals surface area contributed by atoms with E-state index in [1.807, 2.05) is 0 Å². The van der Waals surface area contributed by atoms with Crippen LogP contribution in [-0.4, -0.2) is 18.6 Å². The van der Waals surface area contributed by atoms with Gasteiger partial charge in [-0.05, 0) is 42.3 Å². The van der Waals surface area contributed by atoms with Crippen molar-refractivity contribution >= 4 is 15.8 Å². The van der Waals surface area contributed by atoms with Gasteiger partial charge in [-0.15, -0.1) is 0 Å². The molecule has 0 unspecified atom stereocenters. The molecule has 5 nitrogen and oxygen atoms in total. The number of aryl methyl sites for hydroxylation is 1. The minimum absolute atomic E-state index is 0.143. The molecule has 1 aromatic heterocycles. The Hall–Kier alpha value is -2.67. The average molecular weight is 331 g/mol. The van der Waals surface area contributed by atoms with E-state index in [4.69, 9.17) is 0 Å². The second-order valence-electron chi connectivity index (χ2n) is 5.03. The third-order valence-electron chi connectivity index (χ3n) is 3.40. The van der Waals surface area contributed by atoms with E-state index in [9.17, 15) is 12.8 Å². The molecule has 0 amide bonds. The Balaban J connectivity index is 1.99. The molecule has 2 N–H and O–H groups in total. The summed E-state index contributed by atoms with van der Waals surface area (Å²) in [6, 6.07) is 12.3. The fraction of sp³-hybridized carbons (Fsp3) is 0.0625. The van der Waals surface area contributed by atoms with Crippen LogP contribution in [0.4, 0.5) is 10.2 Å². The van der Waals surface area contributed by atoms with Gasteiger partial charge in [0.05, 0.1) is 4.90 Å². The second kappa shape index (κ2) is 5.85. The van der Waals surface area contributed by atoms with E-state index in [0.717, 1.165) is 0 Å². The highest BCUT2D eigenvalue weighted by atomic mass is 32.2. The quantitative estimate of drug-likeness (QED) is 0.770. The number of aromatic nitrogens is 2. The van der Waals surface area contributed by atoms with E-state index < -0.39 is 10.0 Å². The van der Waals surface area contributed by atoms with E-state index in [1.165, 1.54) is 24.3 Å². The van der Waals surface area contributed by atoms with Crippen LogP contribution in [0.25, 0.3) is 11.1 Å². The first kappa shape index (κ1) is 15.2. The van der Waals surface area contributed by atoms with Crippen molar-refractivity contribution in [3.63, 3.8) is 0 Å². The summed E-state index contributed by atoms with van der Waals surface area (Å²) in [5.74, 6) is -0.176. The lowest BCUT2D eigenvalue weighted by Gasteiger charge is -2.09. The standard InChI is InChI=1S/C16H14FN3O2S/c1-11-9-12(17)7-8-14(11)15-10-18-19-16(15)20-23(21,22)13-5-3-2-4-6-13/h2-10H,1H3,(H2,18,19,20). The predicted octanol–water partition coefficient (Wildman–Crippen LogP) is 3.33. The zero-order valence-electron chi connectivity index (χ0n) is 12.2. The lowest BCUT2D eigenvalue weighted by Crippen LogP contribution is -2.13. The number of halogens is 1. The lowest BCUT2D eigenvalue weighted by atomic mass is 10.0. The van der Waals surface area contributed by atoms with Gasteiger partial charge in [0, 0.05) is 11.8 Å². The maximum atomic E-state index is 13.2. The highest BCUT2D eigenvalue weighted by Crippen LogP contribution is 2.30. The zero-order chi connectivity index (χ0) is 16.4. The van der Waals surface area contributed by atoms with E-state index in [0.29, 0.717) is 16.7 Å². The molecule has 0 radical (unpaired) electrons.